The van der Waals surface area contributed by atoms with E-state index in [9.17, 15) is 0 Å². The monoisotopic (exact) mass is 388 g/mol. The Balaban J connectivity index is 1.66. The number of imidazole rings is 1. The van der Waals surface area contributed by atoms with Crippen molar-refractivity contribution in [2.24, 2.45) is 0 Å². The Morgan fingerprint density at radius 3 is 2.83 bits per heavy atom. The summed E-state index contributed by atoms with van der Waals surface area (Å²) in [5.74, 6) is 0.0366. The Labute approximate surface area is 164 Å². The molecular formula is C20H17FN8. The van der Waals surface area contributed by atoms with Crippen LogP contribution in [0.3, 0.4) is 0 Å². The molecule has 0 saturated heterocycles. The molecule has 0 amide bonds. The number of nitrogens with one attached hydrogen (secondary N) is 2. The third-order valence-corrected chi connectivity index (χ3v) is 4.62. The van der Waals surface area contributed by atoms with Crippen LogP contribution in [0.2, 0.25) is 0 Å². The minimum Gasteiger partial charge on any atom is -0.335 e. The normalized spacial score (nSPS) is 11.7. The van der Waals surface area contributed by atoms with Crippen LogP contribution >= 0.6 is 0 Å². The molecule has 5 rings (SSSR count). The van der Waals surface area contributed by atoms with Crippen LogP contribution in [0.25, 0.3) is 44.8 Å². The molecule has 0 bridgehead atoms. The van der Waals surface area contributed by atoms with Gasteiger partial charge in [0.05, 0.1) is 10.9 Å². The van der Waals surface area contributed by atoms with Crippen LogP contribution in [0.5, 0.6) is 0 Å². The molecule has 5 heterocycles. The molecule has 8 nitrogen and oxygen atoms in total. The standard InChI is InChI=1S/C20H17FN8/c1-29(2)10-11-6-12(8-22-7-11)13-9-24-19-15(16(13)21)17(27-28-19)20-25-14-4-3-5-23-18(14)26-20/h3-9H,10H2,1-2H3,(H,23,25,26)(H,24,27,28). The van der Waals surface area contributed by atoms with Gasteiger partial charge >= 0.3 is 0 Å². The molecule has 0 atom stereocenters. The van der Waals surface area contributed by atoms with Gasteiger partial charge in [0, 0.05) is 42.5 Å². The van der Waals surface area contributed by atoms with Gasteiger partial charge in [0.2, 0.25) is 0 Å². The van der Waals surface area contributed by atoms with Crippen molar-refractivity contribution >= 4 is 22.2 Å². The molecule has 0 saturated carbocycles. The van der Waals surface area contributed by atoms with E-state index in [0.717, 1.165) is 11.1 Å². The number of hydrogen-bond donors (Lipinski definition) is 2. The van der Waals surface area contributed by atoms with Crippen molar-refractivity contribution in [2.45, 2.75) is 6.54 Å². The van der Waals surface area contributed by atoms with Crippen LogP contribution < -0.4 is 0 Å². The highest BCUT2D eigenvalue weighted by atomic mass is 19.1. The van der Waals surface area contributed by atoms with E-state index in [1.807, 2.05) is 37.2 Å². The Bertz CT molecular complexity index is 1300. The molecule has 0 unspecified atom stereocenters. The second-order valence-corrected chi connectivity index (χ2v) is 7.06. The fourth-order valence-electron chi connectivity index (χ4n) is 3.37. The molecule has 5 aromatic heterocycles. The minimum absolute atomic E-state index is 0.277. The quantitative estimate of drug-likeness (QED) is 0.491. The molecule has 0 fully saturated rings. The average molecular weight is 388 g/mol. The van der Waals surface area contributed by atoms with E-state index in [1.165, 1.54) is 6.20 Å². The molecule has 29 heavy (non-hydrogen) atoms. The number of aromatic nitrogens is 7. The van der Waals surface area contributed by atoms with Gasteiger partial charge < -0.3 is 9.88 Å². The van der Waals surface area contributed by atoms with Crippen LogP contribution in [0.15, 0.2) is 43.0 Å². The summed E-state index contributed by atoms with van der Waals surface area (Å²) < 4.78 is 15.6. The predicted octanol–water partition coefficient (Wildman–Crippen LogP) is 3.16. The van der Waals surface area contributed by atoms with Crippen LogP contribution in [-0.4, -0.2) is 54.1 Å². The maximum atomic E-state index is 15.6. The molecule has 0 spiro atoms. The van der Waals surface area contributed by atoms with Gasteiger partial charge in [-0.1, -0.05) is 0 Å². The number of hydrogen-bond acceptors (Lipinski definition) is 6. The zero-order valence-electron chi connectivity index (χ0n) is 15.8. The molecule has 9 heteroatoms. The fourth-order valence-corrected chi connectivity index (χ4v) is 3.37. The van der Waals surface area contributed by atoms with Crippen molar-refractivity contribution in [3.8, 4) is 22.6 Å². The third kappa shape index (κ3) is 3.01. The molecule has 0 aliphatic carbocycles. The first kappa shape index (κ1) is 17.4. The largest absolute Gasteiger partial charge is 0.335 e. The number of aromatic amines is 2. The van der Waals surface area contributed by atoms with Crippen molar-refractivity contribution in [3.63, 3.8) is 0 Å². The molecule has 144 valence electrons. The minimum atomic E-state index is -0.420. The zero-order chi connectivity index (χ0) is 20.0. The summed E-state index contributed by atoms with van der Waals surface area (Å²) in [6.45, 7) is 0.709. The van der Waals surface area contributed by atoms with Crippen LogP contribution in [0.1, 0.15) is 5.56 Å². The second kappa shape index (κ2) is 6.71. The highest BCUT2D eigenvalue weighted by molar-refractivity contribution is 5.93. The van der Waals surface area contributed by atoms with Crippen LogP contribution in [0.4, 0.5) is 4.39 Å². The lowest BCUT2D eigenvalue weighted by Gasteiger charge is -2.11. The summed E-state index contributed by atoms with van der Waals surface area (Å²) >= 11 is 0. The summed E-state index contributed by atoms with van der Waals surface area (Å²) in [4.78, 5) is 22.4. The third-order valence-electron chi connectivity index (χ3n) is 4.62. The maximum Gasteiger partial charge on any atom is 0.184 e. The first-order valence-electron chi connectivity index (χ1n) is 9.03. The highest BCUT2D eigenvalue weighted by Gasteiger charge is 2.20. The van der Waals surface area contributed by atoms with Gasteiger partial charge in [-0.3, -0.25) is 10.1 Å². The predicted molar refractivity (Wildman–Crippen MR) is 107 cm³/mol. The van der Waals surface area contributed by atoms with Crippen molar-refractivity contribution < 1.29 is 4.39 Å². The van der Waals surface area contributed by atoms with E-state index in [2.05, 4.69) is 35.1 Å². The number of fused-ring (bicyclic) bond motifs is 2. The lowest BCUT2D eigenvalue weighted by molar-refractivity contribution is 0.402. The van der Waals surface area contributed by atoms with Crippen molar-refractivity contribution in [1.29, 1.82) is 0 Å². The molecule has 5 aromatic rings. The topological polar surface area (TPSA) is 99.3 Å². The van der Waals surface area contributed by atoms with Gasteiger partial charge in [0.1, 0.15) is 11.5 Å². The highest BCUT2D eigenvalue weighted by Crippen LogP contribution is 2.32. The Morgan fingerprint density at radius 1 is 1.10 bits per heavy atom. The molecular weight excluding hydrogens is 371 g/mol. The summed E-state index contributed by atoms with van der Waals surface area (Å²) in [6.07, 6.45) is 6.55. The van der Waals surface area contributed by atoms with E-state index in [-0.39, 0.29) is 11.0 Å². The average Bonchev–Trinajstić information content (AvgIpc) is 3.32. The van der Waals surface area contributed by atoms with Gasteiger partial charge in [-0.05, 0) is 37.9 Å². The molecule has 0 aliphatic rings. The smallest absolute Gasteiger partial charge is 0.184 e. The second-order valence-electron chi connectivity index (χ2n) is 7.06. The van der Waals surface area contributed by atoms with Crippen LogP contribution in [0, 0.1) is 5.82 Å². The molecule has 0 radical (unpaired) electrons. The zero-order valence-corrected chi connectivity index (χ0v) is 15.8. The van der Waals surface area contributed by atoms with E-state index >= 15 is 4.39 Å². The number of rotatable bonds is 4. The van der Waals surface area contributed by atoms with Crippen molar-refractivity contribution in [3.05, 3.63) is 54.4 Å². The van der Waals surface area contributed by atoms with Crippen LogP contribution in [-0.2, 0) is 6.54 Å². The molecule has 2 N–H and O–H groups in total. The Hall–Kier alpha value is -3.72. The van der Waals surface area contributed by atoms with E-state index in [4.69, 9.17) is 0 Å². The van der Waals surface area contributed by atoms with E-state index in [1.54, 1.807) is 18.6 Å². The lowest BCUT2D eigenvalue weighted by Crippen LogP contribution is -2.10. The van der Waals surface area contributed by atoms with Gasteiger partial charge in [0.15, 0.2) is 17.1 Å². The number of pyridine rings is 3. The molecule has 0 aromatic carbocycles. The first-order chi connectivity index (χ1) is 14.1. The maximum absolute atomic E-state index is 15.6. The number of halogens is 1. The number of nitrogens with zero attached hydrogens (tertiary/aromatic N) is 6. The van der Waals surface area contributed by atoms with E-state index < -0.39 is 5.82 Å². The number of H-pyrrole nitrogens is 2. The first-order valence-corrected chi connectivity index (χ1v) is 9.03. The fraction of sp³-hybridized carbons (Fsp3) is 0.150. The summed E-state index contributed by atoms with van der Waals surface area (Å²) in [5, 5.41) is 7.27. The van der Waals surface area contributed by atoms with E-state index in [0.29, 0.717) is 34.8 Å². The van der Waals surface area contributed by atoms with Crippen molar-refractivity contribution in [1.82, 2.24) is 40.0 Å². The Morgan fingerprint density at radius 2 is 2.00 bits per heavy atom. The van der Waals surface area contributed by atoms with Gasteiger partial charge in [0.25, 0.3) is 0 Å². The van der Waals surface area contributed by atoms with Crippen molar-refractivity contribution in [2.75, 3.05) is 14.1 Å². The molecule has 0 aliphatic heterocycles. The summed E-state index contributed by atoms with van der Waals surface area (Å²) in [5.41, 5.74) is 4.04. The summed E-state index contributed by atoms with van der Waals surface area (Å²) in [7, 11) is 3.95. The van der Waals surface area contributed by atoms with Gasteiger partial charge in [-0.2, -0.15) is 5.10 Å². The van der Waals surface area contributed by atoms with Gasteiger partial charge in [-0.15, -0.1) is 0 Å². The summed E-state index contributed by atoms with van der Waals surface area (Å²) in [6, 6.07) is 5.59. The Kier molecular flexibility index (Phi) is 4.02. The lowest BCUT2D eigenvalue weighted by atomic mass is 10.1. The SMILES string of the molecule is CN(C)Cc1cncc(-c2cnc3n[nH]c(-c4nc5ncccc5[nH]4)c3c2F)c1. The van der Waals surface area contributed by atoms with Gasteiger partial charge in [-0.25, -0.2) is 19.3 Å².